The first kappa shape index (κ1) is 10.4. The molecule has 0 saturated heterocycles. The van der Waals surface area contributed by atoms with E-state index in [1.165, 1.54) is 4.90 Å². The second kappa shape index (κ2) is 5.14. The van der Waals surface area contributed by atoms with Crippen molar-refractivity contribution in [3.63, 3.8) is 0 Å². The molecule has 0 aliphatic rings. The molecular formula is C10H16N2S. The zero-order valence-corrected chi connectivity index (χ0v) is 8.90. The predicted octanol–water partition coefficient (Wildman–Crippen LogP) is 2.17. The average Bonchev–Trinajstić information content (AvgIpc) is 2.15. The normalized spacial score (nSPS) is 12.5. The zero-order chi connectivity index (χ0) is 9.68. The molecule has 1 rings (SSSR count). The molecule has 0 amide bonds. The fraction of sp³-hybridized carbons (Fsp3) is 0.400. The van der Waals surface area contributed by atoms with Gasteiger partial charge in [-0.3, -0.25) is 0 Å². The van der Waals surface area contributed by atoms with Crippen molar-refractivity contribution in [1.82, 2.24) is 0 Å². The van der Waals surface area contributed by atoms with E-state index in [1.807, 2.05) is 6.92 Å². The molecule has 72 valence electrons. The van der Waals surface area contributed by atoms with E-state index in [0.717, 1.165) is 12.2 Å². The molecule has 0 aliphatic carbocycles. The van der Waals surface area contributed by atoms with E-state index in [-0.39, 0.29) is 6.04 Å². The fourth-order valence-electron chi connectivity index (χ4n) is 1.01. The molecule has 1 atom stereocenters. The Bertz CT molecular complexity index is 261. The number of hydrogen-bond acceptors (Lipinski definition) is 3. The number of benzene rings is 1. The van der Waals surface area contributed by atoms with Gasteiger partial charge in [0.25, 0.3) is 0 Å². The Morgan fingerprint density at radius 1 is 1.54 bits per heavy atom. The molecule has 0 bridgehead atoms. The number of rotatable bonds is 4. The van der Waals surface area contributed by atoms with E-state index >= 15 is 0 Å². The molecule has 0 radical (unpaired) electrons. The van der Waals surface area contributed by atoms with Crippen LogP contribution in [0, 0.1) is 0 Å². The van der Waals surface area contributed by atoms with Crippen LogP contribution in [0.3, 0.4) is 0 Å². The third-order valence-corrected chi connectivity index (χ3v) is 2.42. The van der Waals surface area contributed by atoms with Crippen LogP contribution in [0.15, 0.2) is 29.2 Å². The second-order valence-electron chi connectivity index (χ2n) is 3.09. The van der Waals surface area contributed by atoms with E-state index in [2.05, 4.69) is 35.8 Å². The van der Waals surface area contributed by atoms with Gasteiger partial charge in [0.2, 0.25) is 0 Å². The van der Waals surface area contributed by atoms with Crippen molar-refractivity contribution in [2.45, 2.75) is 17.9 Å². The fourth-order valence-corrected chi connectivity index (χ4v) is 1.47. The van der Waals surface area contributed by atoms with Crippen molar-refractivity contribution >= 4 is 17.4 Å². The lowest BCUT2D eigenvalue weighted by Gasteiger charge is -2.09. The molecule has 3 N–H and O–H groups in total. The largest absolute Gasteiger partial charge is 0.383 e. The summed E-state index contributed by atoms with van der Waals surface area (Å²) in [4.78, 5) is 1.27. The Balaban J connectivity index is 2.56. The van der Waals surface area contributed by atoms with Gasteiger partial charge < -0.3 is 11.1 Å². The number of anilines is 1. The first-order valence-electron chi connectivity index (χ1n) is 4.36. The molecule has 0 heterocycles. The molecule has 0 saturated carbocycles. The minimum atomic E-state index is 0.193. The number of hydrogen-bond donors (Lipinski definition) is 2. The van der Waals surface area contributed by atoms with Crippen LogP contribution in [-0.2, 0) is 0 Å². The molecule has 3 heteroatoms. The standard InChI is InChI=1S/C10H16N2S/c1-8(11)7-12-9-4-3-5-10(6-9)13-2/h3-6,8,12H,7,11H2,1-2H3. The van der Waals surface area contributed by atoms with Crippen molar-refractivity contribution in [3.8, 4) is 0 Å². The van der Waals surface area contributed by atoms with Crippen molar-refractivity contribution in [1.29, 1.82) is 0 Å². The summed E-state index contributed by atoms with van der Waals surface area (Å²) in [6.45, 7) is 2.81. The Morgan fingerprint density at radius 3 is 2.92 bits per heavy atom. The van der Waals surface area contributed by atoms with Crippen LogP contribution in [0.2, 0.25) is 0 Å². The monoisotopic (exact) mass is 196 g/mol. The summed E-state index contributed by atoms with van der Waals surface area (Å²) < 4.78 is 0. The topological polar surface area (TPSA) is 38.0 Å². The summed E-state index contributed by atoms with van der Waals surface area (Å²) in [5, 5.41) is 3.28. The quantitative estimate of drug-likeness (QED) is 0.725. The van der Waals surface area contributed by atoms with Crippen molar-refractivity contribution in [3.05, 3.63) is 24.3 Å². The summed E-state index contributed by atoms with van der Waals surface area (Å²) in [7, 11) is 0. The van der Waals surface area contributed by atoms with Gasteiger partial charge in [-0.05, 0) is 31.4 Å². The minimum absolute atomic E-state index is 0.193. The van der Waals surface area contributed by atoms with Gasteiger partial charge >= 0.3 is 0 Å². The van der Waals surface area contributed by atoms with Crippen LogP contribution in [0.25, 0.3) is 0 Å². The van der Waals surface area contributed by atoms with Gasteiger partial charge in [-0.15, -0.1) is 11.8 Å². The lowest BCUT2D eigenvalue weighted by molar-refractivity contribution is 0.780. The predicted molar refractivity (Wildman–Crippen MR) is 60.4 cm³/mol. The van der Waals surface area contributed by atoms with Crippen LogP contribution in [0.4, 0.5) is 5.69 Å². The first-order valence-corrected chi connectivity index (χ1v) is 5.58. The molecule has 0 aliphatic heterocycles. The smallest absolute Gasteiger partial charge is 0.0351 e. The molecule has 0 spiro atoms. The summed E-state index contributed by atoms with van der Waals surface area (Å²) >= 11 is 1.75. The third kappa shape index (κ3) is 3.70. The van der Waals surface area contributed by atoms with Gasteiger partial charge in [0.05, 0.1) is 0 Å². The molecule has 1 aromatic rings. The highest BCUT2D eigenvalue weighted by Gasteiger charge is 1.95. The maximum atomic E-state index is 5.64. The molecule has 0 fully saturated rings. The van der Waals surface area contributed by atoms with Crippen LogP contribution in [0.1, 0.15) is 6.92 Å². The molecule has 0 aromatic heterocycles. The van der Waals surface area contributed by atoms with Gasteiger partial charge in [-0.25, -0.2) is 0 Å². The Labute approximate surface area is 83.9 Å². The molecule has 13 heavy (non-hydrogen) atoms. The van der Waals surface area contributed by atoms with E-state index in [1.54, 1.807) is 11.8 Å². The number of nitrogens with two attached hydrogens (primary N) is 1. The van der Waals surface area contributed by atoms with Crippen LogP contribution in [-0.4, -0.2) is 18.8 Å². The summed E-state index contributed by atoms with van der Waals surface area (Å²) in [5.74, 6) is 0. The van der Waals surface area contributed by atoms with Gasteiger partial charge in [-0.1, -0.05) is 6.07 Å². The zero-order valence-electron chi connectivity index (χ0n) is 8.08. The number of thioether (sulfide) groups is 1. The lowest BCUT2D eigenvalue weighted by atomic mass is 10.3. The minimum Gasteiger partial charge on any atom is -0.383 e. The van der Waals surface area contributed by atoms with Crippen LogP contribution < -0.4 is 11.1 Å². The second-order valence-corrected chi connectivity index (χ2v) is 3.97. The molecule has 1 aromatic carbocycles. The van der Waals surface area contributed by atoms with Crippen molar-refractivity contribution in [2.75, 3.05) is 18.1 Å². The summed E-state index contributed by atoms with van der Waals surface area (Å²) in [6, 6.07) is 8.53. The third-order valence-electron chi connectivity index (χ3n) is 1.70. The maximum Gasteiger partial charge on any atom is 0.0351 e. The van der Waals surface area contributed by atoms with E-state index < -0.39 is 0 Å². The van der Waals surface area contributed by atoms with Gasteiger partial charge in [0.1, 0.15) is 0 Å². The van der Waals surface area contributed by atoms with E-state index in [0.29, 0.717) is 0 Å². The van der Waals surface area contributed by atoms with Gasteiger partial charge in [-0.2, -0.15) is 0 Å². The summed E-state index contributed by atoms with van der Waals surface area (Å²) in [5.41, 5.74) is 6.79. The Hall–Kier alpha value is -0.670. The Morgan fingerprint density at radius 2 is 2.31 bits per heavy atom. The molecule has 2 nitrogen and oxygen atoms in total. The molecule has 1 unspecified atom stereocenters. The van der Waals surface area contributed by atoms with Crippen molar-refractivity contribution < 1.29 is 0 Å². The lowest BCUT2D eigenvalue weighted by Crippen LogP contribution is -2.25. The highest BCUT2D eigenvalue weighted by Crippen LogP contribution is 2.18. The van der Waals surface area contributed by atoms with Crippen LogP contribution >= 0.6 is 11.8 Å². The Kier molecular flexibility index (Phi) is 4.12. The van der Waals surface area contributed by atoms with Crippen molar-refractivity contribution in [2.24, 2.45) is 5.73 Å². The SMILES string of the molecule is CSc1cccc(NCC(C)N)c1. The first-order chi connectivity index (χ1) is 6.22. The highest BCUT2D eigenvalue weighted by molar-refractivity contribution is 7.98. The van der Waals surface area contributed by atoms with Gasteiger partial charge in [0.15, 0.2) is 0 Å². The average molecular weight is 196 g/mol. The number of nitrogens with one attached hydrogen (secondary N) is 1. The van der Waals surface area contributed by atoms with Crippen LogP contribution in [0.5, 0.6) is 0 Å². The highest BCUT2D eigenvalue weighted by atomic mass is 32.2. The van der Waals surface area contributed by atoms with E-state index in [4.69, 9.17) is 5.73 Å². The maximum absolute atomic E-state index is 5.64. The molecular weight excluding hydrogens is 180 g/mol. The van der Waals surface area contributed by atoms with Gasteiger partial charge in [0, 0.05) is 23.2 Å². The van der Waals surface area contributed by atoms with E-state index in [9.17, 15) is 0 Å². The summed E-state index contributed by atoms with van der Waals surface area (Å²) in [6.07, 6.45) is 2.07.